The first-order valence-corrected chi connectivity index (χ1v) is 9.89. The Morgan fingerprint density at radius 1 is 1.08 bits per heavy atom. The Kier molecular flexibility index (Phi) is 5.47. The number of nitrogens with one attached hydrogen (secondary N) is 2. The van der Waals surface area contributed by atoms with Gasteiger partial charge in [-0.3, -0.25) is 0 Å². The summed E-state index contributed by atoms with van der Waals surface area (Å²) in [5.41, 5.74) is 0.270. The van der Waals surface area contributed by atoms with Crippen LogP contribution in [-0.2, 0) is 0 Å². The van der Waals surface area contributed by atoms with E-state index in [1.807, 2.05) is 12.3 Å². The van der Waals surface area contributed by atoms with Gasteiger partial charge in [-0.25, -0.2) is 9.97 Å². The lowest BCUT2D eigenvalue weighted by Gasteiger charge is -2.46. The second-order valence-electron chi connectivity index (χ2n) is 9.20. The molecule has 1 aliphatic carbocycles. The molecule has 0 bridgehead atoms. The van der Waals surface area contributed by atoms with Crippen molar-refractivity contribution in [3.8, 4) is 0 Å². The van der Waals surface area contributed by atoms with Crippen LogP contribution in [0, 0.1) is 5.92 Å². The van der Waals surface area contributed by atoms with Crippen LogP contribution in [0.2, 0.25) is 0 Å². The summed E-state index contributed by atoms with van der Waals surface area (Å²) in [6, 6.07) is 2.41. The van der Waals surface area contributed by atoms with Crippen molar-refractivity contribution in [2.45, 2.75) is 89.8 Å². The van der Waals surface area contributed by atoms with Crippen LogP contribution in [0.4, 0.5) is 5.82 Å². The highest BCUT2D eigenvalue weighted by Gasteiger charge is 2.37. The maximum Gasteiger partial charge on any atom is 0.153 e. The molecule has 0 radical (unpaired) electrons. The summed E-state index contributed by atoms with van der Waals surface area (Å²) in [5, 5.41) is 7.38. The lowest BCUT2D eigenvalue weighted by Crippen LogP contribution is -2.60. The summed E-state index contributed by atoms with van der Waals surface area (Å²) in [4.78, 5) is 9.14. The highest BCUT2D eigenvalue weighted by Crippen LogP contribution is 2.30. The van der Waals surface area contributed by atoms with E-state index >= 15 is 0 Å². The van der Waals surface area contributed by atoms with E-state index in [2.05, 4.69) is 55.5 Å². The lowest BCUT2D eigenvalue weighted by molar-refractivity contribution is 0.170. The molecule has 0 atom stereocenters. The van der Waals surface area contributed by atoms with Gasteiger partial charge in [0.05, 0.1) is 0 Å². The Morgan fingerprint density at radius 2 is 1.76 bits per heavy atom. The number of allylic oxidation sites excluding steroid dienone is 1. The fraction of sp³-hybridized carbons (Fsp3) is 0.714. The average Bonchev–Trinajstić information content (AvgIpc) is 2.51. The number of nitrogens with zero attached hydrogens (tertiary/aromatic N) is 2. The molecule has 1 aromatic heterocycles. The van der Waals surface area contributed by atoms with Gasteiger partial charge in [-0.05, 0) is 71.4 Å². The smallest absolute Gasteiger partial charge is 0.153 e. The Labute approximate surface area is 152 Å². The summed E-state index contributed by atoms with van der Waals surface area (Å²) in [5.74, 6) is 2.47. The SMILES string of the molecule is CC1(C)CC(Nc2ccnc(/C=C/C3CCCCC3)n2)CC(C)(C)N1. The van der Waals surface area contributed by atoms with E-state index in [1.165, 1.54) is 32.1 Å². The molecule has 1 aliphatic heterocycles. The molecule has 0 amide bonds. The standard InChI is InChI=1S/C21H34N4/c1-20(2)14-17(15-21(3,4)25-20)23-19-12-13-22-18(24-19)11-10-16-8-6-5-7-9-16/h10-13,16-17,25H,5-9,14-15H2,1-4H3,(H,22,23,24)/b11-10+. The van der Waals surface area contributed by atoms with Crippen LogP contribution in [0.5, 0.6) is 0 Å². The van der Waals surface area contributed by atoms with E-state index < -0.39 is 0 Å². The highest BCUT2D eigenvalue weighted by molar-refractivity contribution is 5.45. The molecule has 1 saturated carbocycles. The maximum atomic E-state index is 4.72. The second-order valence-corrected chi connectivity index (χ2v) is 9.20. The van der Waals surface area contributed by atoms with Crippen LogP contribution in [0.25, 0.3) is 6.08 Å². The van der Waals surface area contributed by atoms with Gasteiger partial charge >= 0.3 is 0 Å². The molecule has 0 spiro atoms. The third-order valence-corrected chi connectivity index (χ3v) is 5.38. The zero-order valence-electron chi connectivity index (χ0n) is 16.3. The molecular formula is C21H34N4. The predicted molar refractivity (Wildman–Crippen MR) is 106 cm³/mol. The van der Waals surface area contributed by atoms with Crippen LogP contribution in [0.15, 0.2) is 18.3 Å². The van der Waals surface area contributed by atoms with Gasteiger partial charge in [0, 0.05) is 23.3 Å². The van der Waals surface area contributed by atoms with Crippen molar-refractivity contribution < 1.29 is 0 Å². The average molecular weight is 343 g/mol. The van der Waals surface area contributed by atoms with Crippen molar-refractivity contribution in [2.75, 3.05) is 5.32 Å². The third-order valence-electron chi connectivity index (χ3n) is 5.38. The fourth-order valence-electron chi connectivity index (χ4n) is 4.72. The van der Waals surface area contributed by atoms with Crippen LogP contribution in [0.3, 0.4) is 0 Å². The summed E-state index contributed by atoms with van der Waals surface area (Å²) in [6.45, 7) is 9.11. The van der Waals surface area contributed by atoms with Crippen molar-refractivity contribution in [1.82, 2.24) is 15.3 Å². The maximum absolute atomic E-state index is 4.72. The van der Waals surface area contributed by atoms with Gasteiger partial charge in [0.2, 0.25) is 0 Å². The lowest BCUT2D eigenvalue weighted by atomic mass is 9.79. The summed E-state index contributed by atoms with van der Waals surface area (Å²) < 4.78 is 0. The molecule has 1 saturated heterocycles. The monoisotopic (exact) mass is 342 g/mol. The molecule has 0 aromatic carbocycles. The number of hydrogen-bond donors (Lipinski definition) is 2. The van der Waals surface area contributed by atoms with Crippen molar-refractivity contribution in [3.63, 3.8) is 0 Å². The summed E-state index contributed by atoms with van der Waals surface area (Å²) in [6.07, 6.45) is 15.2. The van der Waals surface area contributed by atoms with E-state index in [0.29, 0.717) is 12.0 Å². The first-order valence-electron chi connectivity index (χ1n) is 9.89. The summed E-state index contributed by atoms with van der Waals surface area (Å²) in [7, 11) is 0. The second kappa shape index (κ2) is 7.45. The molecule has 4 nitrogen and oxygen atoms in total. The third kappa shape index (κ3) is 5.53. The molecule has 3 rings (SSSR count). The molecule has 25 heavy (non-hydrogen) atoms. The Bertz CT molecular complexity index is 584. The molecule has 138 valence electrons. The van der Waals surface area contributed by atoms with E-state index in [9.17, 15) is 0 Å². The topological polar surface area (TPSA) is 49.8 Å². The van der Waals surface area contributed by atoms with Crippen molar-refractivity contribution in [2.24, 2.45) is 5.92 Å². The molecule has 4 heteroatoms. The zero-order chi connectivity index (χ0) is 17.9. The Hall–Kier alpha value is -1.42. The van der Waals surface area contributed by atoms with E-state index in [-0.39, 0.29) is 11.1 Å². The van der Waals surface area contributed by atoms with Crippen LogP contribution >= 0.6 is 0 Å². The molecule has 2 N–H and O–H groups in total. The van der Waals surface area contributed by atoms with E-state index in [1.54, 1.807) is 0 Å². The number of anilines is 1. The van der Waals surface area contributed by atoms with E-state index in [4.69, 9.17) is 4.98 Å². The van der Waals surface area contributed by atoms with Crippen LogP contribution in [0.1, 0.15) is 78.5 Å². The molecule has 2 heterocycles. The minimum absolute atomic E-state index is 0.135. The number of hydrogen-bond acceptors (Lipinski definition) is 4. The first kappa shape index (κ1) is 18.4. The van der Waals surface area contributed by atoms with Gasteiger partial charge in [-0.2, -0.15) is 0 Å². The number of aromatic nitrogens is 2. The zero-order valence-corrected chi connectivity index (χ0v) is 16.3. The van der Waals surface area contributed by atoms with Gasteiger partial charge in [-0.15, -0.1) is 0 Å². The predicted octanol–water partition coefficient (Wildman–Crippen LogP) is 4.79. The molecule has 2 aliphatic rings. The minimum atomic E-state index is 0.135. The minimum Gasteiger partial charge on any atom is -0.367 e. The Morgan fingerprint density at radius 3 is 2.44 bits per heavy atom. The van der Waals surface area contributed by atoms with Gasteiger partial charge < -0.3 is 10.6 Å². The number of rotatable bonds is 4. The molecule has 0 unspecified atom stereocenters. The van der Waals surface area contributed by atoms with Crippen LogP contribution < -0.4 is 10.6 Å². The first-order chi connectivity index (χ1) is 11.8. The van der Waals surface area contributed by atoms with Crippen LogP contribution in [-0.4, -0.2) is 27.1 Å². The van der Waals surface area contributed by atoms with Gasteiger partial charge in [0.1, 0.15) is 5.82 Å². The molecule has 2 fully saturated rings. The highest BCUT2D eigenvalue weighted by atomic mass is 15.1. The van der Waals surface area contributed by atoms with E-state index in [0.717, 1.165) is 24.5 Å². The quantitative estimate of drug-likeness (QED) is 0.826. The summed E-state index contributed by atoms with van der Waals surface area (Å²) >= 11 is 0. The van der Waals surface area contributed by atoms with Gasteiger partial charge in [-0.1, -0.05) is 25.3 Å². The Balaban J connectivity index is 1.64. The van der Waals surface area contributed by atoms with Gasteiger partial charge in [0.15, 0.2) is 5.82 Å². The van der Waals surface area contributed by atoms with Crippen molar-refractivity contribution in [3.05, 3.63) is 24.2 Å². The van der Waals surface area contributed by atoms with Crippen molar-refractivity contribution in [1.29, 1.82) is 0 Å². The fourth-order valence-corrected chi connectivity index (χ4v) is 4.72. The normalized spacial score (nSPS) is 24.5. The molecule has 1 aromatic rings. The molecular weight excluding hydrogens is 308 g/mol. The van der Waals surface area contributed by atoms with Gasteiger partial charge in [0.25, 0.3) is 0 Å². The van der Waals surface area contributed by atoms with Crippen molar-refractivity contribution >= 4 is 11.9 Å². The largest absolute Gasteiger partial charge is 0.367 e. The number of piperidine rings is 1.